The molecule has 1 aromatic rings. The first-order valence-corrected chi connectivity index (χ1v) is 8.42. The molecule has 3 nitrogen and oxygen atoms in total. The summed E-state index contributed by atoms with van der Waals surface area (Å²) >= 11 is 12.0. The van der Waals surface area contributed by atoms with Crippen molar-refractivity contribution in [2.45, 2.75) is 44.2 Å². The number of nitrogens with zero attached hydrogens (tertiary/aromatic N) is 1. The van der Waals surface area contributed by atoms with E-state index in [-0.39, 0.29) is 5.91 Å². The maximum absolute atomic E-state index is 12.8. The number of carbonyl (C=O) groups is 1. The SMILES string of the molecule is O=C(c1ccc(Cl)c(Cl)c1)N1CCCCC1C1CCCN1. The molecule has 2 atom stereocenters. The molecule has 0 saturated carbocycles. The lowest BCUT2D eigenvalue weighted by molar-refractivity contribution is 0.0563. The van der Waals surface area contributed by atoms with Crippen LogP contribution in [0, 0.1) is 0 Å². The van der Waals surface area contributed by atoms with E-state index in [1.807, 2.05) is 4.90 Å². The molecule has 0 radical (unpaired) electrons. The molecule has 2 heterocycles. The molecule has 0 aromatic heterocycles. The highest BCUT2D eigenvalue weighted by Gasteiger charge is 2.34. The maximum Gasteiger partial charge on any atom is 0.254 e. The Morgan fingerprint density at radius 2 is 2.00 bits per heavy atom. The van der Waals surface area contributed by atoms with Crippen LogP contribution in [-0.2, 0) is 0 Å². The highest BCUT2D eigenvalue weighted by molar-refractivity contribution is 6.42. The number of hydrogen-bond donors (Lipinski definition) is 1. The van der Waals surface area contributed by atoms with Crippen molar-refractivity contribution in [2.24, 2.45) is 0 Å². The smallest absolute Gasteiger partial charge is 0.254 e. The van der Waals surface area contributed by atoms with Gasteiger partial charge in [-0.25, -0.2) is 0 Å². The molecule has 5 heteroatoms. The van der Waals surface area contributed by atoms with Crippen molar-refractivity contribution >= 4 is 29.1 Å². The molecule has 21 heavy (non-hydrogen) atoms. The van der Waals surface area contributed by atoms with Gasteiger partial charge in [-0.3, -0.25) is 4.79 Å². The molecule has 2 saturated heterocycles. The van der Waals surface area contributed by atoms with E-state index < -0.39 is 0 Å². The second-order valence-corrected chi connectivity index (χ2v) is 6.71. The Labute approximate surface area is 135 Å². The second kappa shape index (κ2) is 6.55. The van der Waals surface area contributed by atoms with Gasteiger partial charge >= 0.3 is 0 Å². The number of hydrogen-bond acceptors (Lipinski definition) is 2. The van der Waals surface area contributed by atoms with Gasteiger partial charge in [-0.05, 0) is 56.8 Å². The fraction of sp³-hybridized carbons (Fsp3) is 0.562. The van der Waals surface area contributed by atoms with Crippen molar-refractivity contribution in [3.63, 3.8) is 0 Å². The van der Waals surface area contributed by atoms with Crippen LogP contribution >= 0.6 is 23.2 Å². The van der Waals surface area contributed by atoms with E-state index in [1.54, 1.807) is 18.2 Å². The molecule has 2 unspecified atom stereocenters. The Bertz CT molecular complexity index is 529. The first kappa shape index (κ1) is 15.1. The molecule has 3 rings (SSSR count). The van der Waals surface area contributed by atoms with Crippen molar-refractivity contribution in [1.29, 1.82) is 0 Å². The molecule has 2 aliphatic rings. The predicted molar refractivity (Wildman–Crippen MR) is 86.2 cm³/mol. The molecule has 1 aromatic carbocycles. The molecular formula is C16H20Cl2N2O. The Morgan fingerprint density at radius 3 is 2.71 bits per heavy atom. The minimum atomic E-state index is 0.0759. The van der Waals surface area contributed by atoms with E-state index >= 15 is 0 Å². The third-order valence-corrected chi connectivity index (χ3v) is 5.28. The summed E-state index contributed by atoms with van der Waals surface area (Å²) in [4.78, 5) is 14.9. The van der Waals surface area contributed by atoms with E-state index in [1.165, 1.54) is 12.8 Å². The second-order valence-electron chi connectivity index (χ2n) is 5.89. The zero-order valence-electron chi connectivity index (χ0n) is 11.9. The number of amides is 1. The van der Waals surface area contributed by atoms with Gasteiger partial charge in [0.1, 0.15) is 0 Å². The number of benzene rings is 1. The summed E-state index contributed by atoms with van der Waals surface area (Å²) in [7, 11) is 0. The maximum atomic E-state index is 12.8. The minimum Gasteiger partial charge on any atom is -0.334 e. The molecule has 0 spiro atoms. The molecule has 2 aliphatic heterocycles. The van der Waals surface area contributed by atoms with Gasteiger partial charge in [-0.2, -0.15) is 0 Å². The summed E-state index contributed by atoms with van der Waals surface area (Å²) in [6.07, 6.45) is 5.74. The number of nitrogens with one attached hydrogen (secondary N) is 1. The first-order chi connectivity index (χ1) is 10.2. The van der Waals surface area contributed by atoms with Crippen LogP contribution in [0.25, 0.3) is 0 Å². The monoisotopic (exact) mass is 326 g/mol. The molecular weight excluding hydrogens is 307 g/mol. The summed E-state index contributed by atoms with van der Waals surface area (Å²) in [6, 6.07) is 5.90. The van der Waals surface area contributed by atoms with Crippen LogP contribution in [0.1, 0.15) is 42.5 Å². The lowest BCUT2D eigenvalue weighted by Gasteiger charge is -2.39. The van der Waals surface area contributed by atoms with Crippen LogP contribution in [-0.4, -0.2) is 36.0 Å². The van der Waals surface area contributed by atoms with Gasteiger partial charge in [-0.1, -0.05) is 23.2 Å². The standard InChI is InChI=1S/C16H20Cl2N2O/c17-12-7-6-11(10-13(12)18)16(21)20-9-2-1-5-15(20)14-4-3-8-19-14/h6-7,10,14-15,19H,1-5,8-9H2. The largest absolute Gasteiger partial charge is 0.334 e. The number of rotatable bonds is 2. The molecule has 1 amide bonds. The topological polar surface area (TPSA) is 32.3 Å². The molecule has 2 fully saturated rings. The first-order valence-electron chi connectivity index (χ1n) is 7.66. The number of carbonyl (C=O) groups excluding carboxylic acids is 1. The van der Waals surface area contributed by atoms with Gasteiger partial charge in [0.25, 0.3) is 5.91 Å². The number of piperidine rings is 1. The van der Waals surface area contributed by atoms with E-state index in [0.29, 0.717) is 27.7 Å². The summed E-state index contributed by atoms with van der Waals surface area (Å²) in [5, 5.41) is 4.47. The Balaban J connectivity index is 1.81. The molecule has 1 N–H and O–H groups in total. The summed E-state index contributed by atoms with van der Waals surface area (Å²) in [5.41, 5.74) is 0.634. The minimum absolute atomic E-state index is 0.0759. The fourth-order valence-corrected chi connectivity index (χ4v) is 3.76. The third-order valence-electron chi connectivity index (χ3n) is 4.54. The Hall–Kier alpha value is -0.770. The van der Waals surface area contributed by atoms with Crippen LogP contribution < -0.4 is 5.32 Å². The lowest BCUT2D eigenvalue weighted by Crippen LogP contribution is -2.52. The van der Waals surface area contributed by atoms with E-state index in [2.05, 4.69) is 5.32 Å². The fourth-order valence-electron chi connectivity index (χ4n) is 3.46. The van der Waals surface area contributed by atoms with E-state index in [9.17, 15) is 4.79 Å². The van der Waals surface area contributed by atoms with Crippen molar-refractivity contribution in [3.8, 4) is 0 Å². The predicted octanol–water partition coefficient (Wildman–Crippen LogP) is 3.74. The number of halogens is 2. The van der Waals surface area contributed by atoms with Gasteiger partial charge in [0.05, 0.1) is 10.0 Å². The van der Waals surface area contributed by atoms with Crippen LogP contribution in [0.5, 0.6) is 0 Å². The van der Waals surface area contributed by atoms with Crippen molar-refractivity contribution in [1.82, 2.24) is 10.2 Å². The van der Waals surface area contributed by atoms with Gasteiger partial charge in [0, 0.05) is 24.2 Å². The van der Waals surface area contributed by atoms with Crippen LogP contribution in [0.2, 0.25) is 10.0 Å². The van der Waals surface area contributed by atoms with E-state index in [4.69, 9.17) is 23.2 Å². The van der Waals surface area contributed by atoms with Crippen LogP contribution in [0.4, 0.5) is 0 Å². The van der Waals surface area contributed by atoms with Crippen molar-refractivity contribution < 1.29 is 4.79 Å². The van der Waals surface area contributed by atoms with Crippen molar-refractivity contribution in [2.75, 3.05) is 13.1 Å². The number of likely N-dealkylation sites (tertiary alicyclic amines) is 1. The van der Waals surface area contributed by atoms with Gasteiger partial charge in [-0.15, -0.1) is 0 Å². The zero-order chi connectivity index (χ0) is 14.8. The normalized spacial score (nSPS) is 26.1. The summed E-state index contributed by atoms with van der Waals surface area (Å²) in [6.45, 7) is 1.90. The lowest BCUT2D eigenvalue weighted by atomic mass is 9.93. The van der Waals surface area contributed by atoms with Crippen LogP contribution in [0.3, 0.4) is 0 Å². The average Bonchev–Trinajstić information content (AvgIpc) is 3.03. The molecule has 0 aliphatic carbocycles. The molecule has 0 bridgehead atoms. The highest BCUT2D eigenvalue weighted by atomic mass is 35.5. The quantitative estimate of drug-likeness (QED) is 0.897. The van der Waals surface area contributed by atoms with Crippen LogP contribution in [0.15, 0.2) is 18.2 Å². The van der Waals surface area contributed by atoms with Gasteiger partial charge < -0.3 is 10.2 Å². The third kappa shape index (κ3) is 3.20. The zero-order valence-corrected chi connectivity index (χ0v) is 13.5. The summed E-state index contributed by atoms with van der Waals surface area (Å²) < 4.78 is 0. The van der Waals surface area contributed by atoms with Gasteiger partial charge in [0.15, 0.2) is 0 Å². The molecule has 114 valence electrons. The summed E-state index contributed by atoms with van der Waals surface area (Å²) in [5.74, 6) is 0.0759. The Kier molecular flexibility index (Phi) is 4.72. The average molecular weight is 327 g/mol. The van der Waals surface area contributed by atoms with E-state index in [0.717, 1.165) is 32.4 Å². The van der Waals surface area contributed by atoms with Crippen molar-refractivity contribution in [3.05, 3.63) is 33.8 Å². The van der Waals surface area contributed by atoms with Gasteiger partial charge in [0.2, 0.25) is 0 Å². The highest BCUT2D eigenvalue weighted by Crippen LogP contribution is 2.28. The Morgan fingerprint density at radius 1 is 1.14 bits per heavy atom.